The Morgan fingerprint density at radius 1 is 1.20 bits per heavy atom. The summed E-state index contributed by atoms with van der Waals surface area (Å²) in [4.78, 5) is 28.2. The largest absolute Gasteiger partial charge is 0.490 e. The zero-order chi connectivity index (χ0) is 25.8. The molecule has 1 aromatic carbocycles. The van der Waals surface area contributed by atoms with Gasteiger partial charge < -0.3 is 20.1 Å². The molecule has 0 saturated carbocycles. The zero-order valence-electron chi connectivity index (χ0n) is 19.8. The summed E-state index contributed by atoms with van der Waals surface area (Å²) in [5, 5.41) is 5.23. The van der Waals surface area contributed by atoms with Crippen LogP contribution in [-0.2, 0) is 26.0 Å². The number of sulfonamides is 1. The van der Waals surface area contributed by atoms with Crippen LogP contribution >= 0.6 is 12.8 Å². The van der Waals surface area contributed by atoms with Gasteiger partial charge in [-0.1, -0.05) is 12.1 Å². The smallest absolute Gasteiger partial charge is 0.341 e. The average molecular weight is 523 g/mol. The van der Waals surface area contributed by atoms with Crippen molar-refractivity contribution in [3.63, 3.8) is 0 Å². The van der Waals surface area contributed by atoms with Crippen LogP contribution in [0.1, 0.15) is 25.1 Å². The first-order valence-corrected chi connectivity index (χ1v) is 12.7. The summed E-state index contributed by atoms with van der Waals surface area (Å²) < 4.78 is 37.2. The van der Waals surface area contributed by atoms with Crippen LogP contribution in [-0.4, -0.2) is 62.0 Å². The van der Waals surface area contributed by atoms with E-state index in [0.29, 0.717) is 21.4 Å². The standard InChI is InChI=1S/C23H30N4O6S2/c1-17(2)26-23(29)27(34)35(30,31)21-16-18(7-9-20(21)33-15-14-32-3)11-13-25-22(28)10-8-19-6-4-5-12-24-19/h4-10,12,16-17,34H,11,13-15H2,1-3H3,(H,25,28)(H,26,29)/b10-8+. The summed E-state index contributed by atoms with van der Waals surface area (Å²) in [5.41, 5.74) is 1.27. The second-order valence-corrected chi connectivity index (χ2v) is 10.0. The number of aromatic nitrogens is 1. The van der Waals surface area contributed by atoms with Crippen LogP contribution in [0.25, 0.3) is 6.08 Å². The number of urea groups is 1. The van der Waals surface area contributed by atoms with E-state index in [9.17, 15) is 18.0 Å². The molecule has 0 atom stereocenters. The lowest BCUT2D eigenvalue weighted by molar-refractivity contribution is -0.116. The third-order valence-electron chi connectivity index (χ3n) is 4.45. The number of carbonyl (C=O) groups excluding carboxylic acids is 2. The summed E-state index contributed by atoms with van der Waals surface area (Å²) in [6, 6.07) is 8.79. The molecule has 0 aliphatic carbocycles. The highest BCUT2D eigenvalue weighted by atomic mass is 32.3. The lowest BCUT2D eigenvalue weighted by Crippen LogP contribution is -2.41. The first-order valence-electron chi connectivity index (χ1n) is 10.8. The molecule has 0 fully saturated rings. The van der Waals surface area contributed by atoms with Crippen molar-refractivity contribution in [1.82, 2.24) is 19.3 Å². The van der Waals surface area contributed by atoms with E-state index < -0.39 is 16.1 Å². The number of benzene rings is 1. The molecule has 0 radical (unpaired) electrons. The Balaban J connectivity index is 2.15. The van der Waals surface area contributed by atoms with Crippen LogP contribution in [0.3, 0.4) is 0 Å². The molecule has 12 heteroatoms. The molecular weight excluding hydrogens is 492 g/mol. The number of thiol groups is 1. The Labute approximate surface area is 211 Å². The van der Waals surface area contributed by atoms with E-state index in [-0.39, 0.29) is 42.4 Å². The van der Waals surface area contributed by atoms with Crippen LogP contribution in [0, 0.1) is 0 Å². The number of hydrogen-bond donors (Lipinski definition) is 3. The Bertz CT molecular complexity index is 1120. The van der Waals surface area contributed by atoms with Gasteiger partial charge in [-0.3, -0.25) is 9.78 Å². The highest BCUT2D eigenvalue weighted by molar-refractivity contribution is 8.00. The molecule has 0 saturated heterocycles. The first kappa shape index (κ1) is 28.1. The molecule has 190 valence electrons. The van der Waals surface area contributed by atoms with E-state index >= 15 is 0 Å². The van der Waals surface area contributed by atoms with E-state index in [1.807, 2.05) is 6.07 Å². The van der Waals surface area contributed by atoms with Gasteiger partial charge in [-0.25, -0.2) is 4.79 Å². The third-order valence-corrected chi connectivity index (χ3v) is 6.77. The number of hydrogen-bond acceptors (Lipinski definition) is 8. The average Bonchev–Trinajstić information content (AvgIpc) is 2.83. The van der Waals surface area contributed by atoms with Crippen molar-refractivity contribution in [2.75, 3.05) is 26.9 Å². The molecule has 0 spiro atoms. The van der Waals surface area contributed by atoms with Crippen molar-refractivity contribution in [2.24, 2.45) is 0 Å². The second kappa shape index (κ2) is 13.7. The minimum atomic E-state index is -4.34. The Hall–Kier alpha value is -3.09. The van der Waals surface area contributed by atoms with E-state index in [0.717, 1.165) is 0 Å². The molecule has 0 aliphatic rings. The molecule has 0 aliphatic heterocycles. The molecule has 1 heterocycles. The van der Waals surface area contributed by atoms with Gasteiger partial charge in [0.15, 0.2) is 0 Å². The zero-order valence-corrected chi connectivity index (χ0v) is 21.5. The van der Waals surface area contributed by atoms with Gasteiger partial charge in [0.25, 0.3) is 10.0 Å². The van der Waals surface area contributed by atoms with Crippen LogP contribution < -0.4 is 15.4 Å². The number of nitrogens with zero attached hydrogens (tertiary/aromatic N) is 2. The predicted molar refractivity (Wildman–Crippen MR) is 135 cm³/mol. The van der Waals surface area contributed by atoms with Gasteiger partial charge >= 0.3 is 6.03 Å². The normalized spacial score (nSPS) is 11.5. The van der Waals surface area contributed by atoms with E-state index in [1.165, 1.54) is 25.3 Å². The van der Waals surface area contributed by atoms with Gasteiger partial charge in [0.1, 0.15) is 17.3 Å². The van der Waals surface area contributed by atoms with Gasteiger partial charge in [-0.15, -0.1) is 0 Å². The van der Waals surface area contributed by atoms with E-state index in [1.54, 1.807) is 44.3 Å². The molecule has 0 unspecified atom stereocenters. The highest BCUT2D eigenvalue weighted by Crippen LogP contribution is 2.29. The molecule has 0 bridgehead atoms. The molecule has 2 N–H and O–H groups in total. The number of methoxy groups -OCH3 is 1. The fraction of sp³-hybridized carbons (Fsp3) is 0.348. The fourth-order valence-corrected chi connectivity index (χ4v) is 4.25. The predicted octanol–water partition coefficient (Wildman–Crippen LogP) is 2.43. The number of nitrogens with one attached hydrogen (secondary N) is 2. The summed E-state index contributed by atoms with van der Waals surface area (Å²) in [6.45, 7) is 4.02. The van der Waals surface area contributed by atoms with Gasteiger partial charge in [0, 0.05) is 32.0 Å². The first-order chi connectivity index (χ1) is 16.6. The van der Waals surface area contributed by atoms with Crippen LogP contribution in [0.5, 0.6) is 5.75 Å². The summed E-state index contributed by atoms with van der Waals surface area (Å²) >= 11 is 3.92. The van der Waals surface area contributed by atoms with E-state index in [2.05, 4.69) is 28.4 Å². The Morgan fingerprint density at radius 3 is 2.63 bits per heavy atom. The molecule has 3 amide bonds. The topological polar surface area (TPSA) is 127 Å². The molecular formula is C23H30N4O6S2. The number of amides is 3. The minimum absolute atomic E-state index is 0.0597. The molecule has 10 nitrogen and oxygen atoms in total. The molecule has 2 aromatic rings. The van der Waals surface area contributed by atoms with Crippen molar-refractivity contribution < 1.29 is 27.5 Å². The quantitative estimate of drug-likeness (QED) is 0.222. The monoisotopic (exact) mass is 522 g/mol. The number of ether oxygens (including phenoxy) is 2. The highest BCUT2D eigenvalue weighted by Gasteiger charge is 2.30. The van der Waals surface area contributed by atoms with Crippen molar-refractivity contribution in [2.45, 2.75) is 31.2 Å². The van der Waals surface area contributed by atoms with Gasteiger partial charge in [-0.2, -0.15) is 12.1 Å². The van der Waals surface area contributed by atoms with Crippen molar-refractivity contribution in [3.05, 3.63) is 59.9 Å². The van der Waals surface area contributed by atoms with Crippen molar-refractivity contribution in [1.29, 1.82) is 0 Å². The molecule has 2 rings (SSSR count). The van der Waals surface area contributed by atoms with Crippen molar-refractivity contribution >= 4 is 40.9 Å². The maximum absolute atomic E-state index is 13.2. The lowest BCUT2D eigenvalue weighted by Gasteiger charge is -2.20. The van der Waals surface area contributed by atoms with Crippen LogP contribution in [0.4, 0.5) is 4.79 Å². The Morgan fingerprint density at radius 2 is 1.97 bits per heavy atom. The number of carbonyl (C=O) groups is 2. The third kappa shape index (κ3) is 8.89. The van der Waals surface area contributed by atoms with Crippen LogP contribution in [0.2, 0.25) is 0 Å². The van der Waals surface area contributed by atoms with Crippen molar-refractivity contribution in [3.8, 4) is 5.75 Å². The molecule has 35 heavy (non-hydrogen) atoms. The lowest BCUT2D eigenvalue weighted by atomic mass is 10.1. The SMILES string of the molecule is COCCOc1ccc(CCNC(=O)/C=C/c2ccccn2)cc1S(=O)(=O)N(S)C(=O)NC(C)C. The van der Waals surface area contributed by atoms with E-state index in [4.69, 9.17) is 9.47 Å². The molecule has 1 aromatic heterocycles. The van der Waals surface area contributed by atoms with Gasteiger partial charge in [0.05, 0.1) is 12.3 Å². The second-order valence-electron chi connectivity index (χ2n) is 7.60. The van der Waals surface area contributed by atoms with Crippen LogP contribution in [0.15, 0.2) is 53.6 Å². The minimum Gasteiger partial charge on any atom is -0.490 e. The summed E-state index contributed by atoms with van der Waals surface area (Å²) in [6.07, 6.45) is 4.94. The maximum Gasteiger partial charge on any atom is 0.341 e. The number of rotatable bonds is 12. The number of pyridine rings is 1. The maximum atomic E-state index is 13.2. The summed E-state index contributed by atoms with van der Waals surface area (Å²) in [7, 11) is -2.84. The van der Waals surface area contributed by atoms with Gasteiger partial charge in [0.2, 0.25) is 5.91 Å². The van der Waals surface area contributed by atoms with Gasteiger partial charge in [-0.05, 0) is 69.0 Å². The Kier molecular flexibility index (Phi) is 11.0. The fourth-order valence-electron chi connectivity index (χ4n) is 2.79. The summed E-state index contributed by atoms with van der Waals surface area (Å²) in [5.74, 6) is -0.251.